The molecule has 2 aliphatic rings. The van der Waals surface area contributed by atoms with Crippen molar-refractivity contribution in [3.8, 4) is 5.75 Å². The number of likely N-dealkylation sites (tertiary alicyclic amines) is 1. The third-order valence-corrected chi connectivity index (χ3v) is 7.18. The molecule has 0 bridgehead atoms. The van der Waals surface area contributed by atoms with Crippen molar-refractivity contribution in [2.45, 2.75) is 24.8 Å². The number of aliphatic hydroxyl groups is 1. The number of amides is 1. The zero-order valence-electron chi connectivity index (χ0n) is 16.2. The molecule has 1 saturated heterocycles. The molecule has 2 aliphatic heterocycles. The normalized spacial score (nSPS) is 21.6. The van der Waals surface area contributed by atoms with Crippen molar-refractivity contribution in [2.24, 2.45) is 0 Å². The van der Waals surface area contributed by atoms with Crippen molar-refractivity contribution in [3.05, 3.63) is 29.5 Å². The van der Waals surface area contributed by atoms with Gasteiger partial charge in [0.2, 0.25) is 15.9 Å². The van der Waals surface area contributed by atoms with E-state index in [1.165, 1.54) is 4.31 Å². The largest absolute Gasteiger partial charge is 0.497 e. The van der Waals surface area contributed by atoms with E-state index in [1.54, 1.807) is 12.0 Å². The third-order valence-electron chi connectivity index (χ3n) is 5.95. The predicted octanol–water partition coefficient (Wildman–Crippen LogP) is 0.975. The van der Waals surface area contributed by atoms with Crippen molar-refractivity contribution in [2.75, 3.05) is 39.6 Å². The Bertz CT molecular complexity index is 1040. The lowest BCUT2D eigenvalue weighted by Gasteiger charge is -2.55. The number of aromatic amines is 1. The molecule has 28 heavy (non-hydrogen) atoms. The molecule has 3 heterocycles. The van der Waals surface area contributed by atoms with E-state index < -0.39 is 21.5 Å². The molecule has 1 aromatic heterocycles. The number of aromatic nitrogens is 1. The lowest BCUT2D eigenvalue weighted by atomic mass is 9.69. The molecule has 8 nitrogen and oxygen atoms in total. The van der Waals surface area contributed by atoms with Crippen molar-refractivity contribution in [1.82, 2.24) is 14.2 Å². The number of benzene rings is 1. The van der Waals surface area contributed by atoms with E-state index in [4.69, 9.17) is 4.74 Å². The first-order chi connectivity index (χ1) is 13.2. The highest BCUT2D eigenvalue weighted by Gasteiger charge is 2.55. The number of rotatable bonds is 4. The number of hydrogen-bond donors (Lipinski definition) is 2. The summed E-state index contributed by atoms with van der Waals surface area (Å²) in [5, 5.41) is 11.0. The van der Waals surface area contributed by atoms with Crippen molar-refractivity contribution < 1.29 is 23.1 Å². The van der Waals surface area contributed by atoms with Gasteiger partial charge >= 0.3 is 0 Å². The van der Waals surface area contributed by atoms with Crippen LogP contribution in [0.3, 0.4) is 0 Å². The van der Waals surface area contributed by atoms with Crippen LogP contribution in [0.25, 0.3) is 10.9 Å². The molecule has 4 rings (SSSR count). The smallest absolute Gasteiger partial charge is 0.222 e. The van der Waals surface area contributed by atoms with Gasteiger partial charge < -0.3 is 19.7 Å². The van der Waals surface area contributed by atoms with Crippen LogP contribution in [-0.2, 0) is 20.2 Å². The molecule has 1 spiro atoms. The van der Waals surface area contributed by atoms with Crippen molar-refractivity contribution in [1.29, 1.82) is 0 Å². The van der Waals surface area contributed by atoms with Crippen LogP contribution in [0.2, 0.25) is 0 Å². The maximum Gasteiger partial charge on any atom is 0.222 e. The standard InChI is InChI=1S/C19H25N3O5S/c1-4-16(24)21-9-19(10-21)11-22(28(3,25)26)15(8-23)18-17(19)13-6-5-12(27-2)7-14(13)20-18/h5-7,15,20,23H,4,8-11H2,1-3H3/t15-/m1/s1. The zero-order valence-corrected chi connectivity index (χ0v) is 17.0. The highest BCUT2D eigenvalue weighted by atomic mass is 32.2. The highest BCUT2D eigenvalue weighted by molar-refractivity contribution is 7.88. The molecule has 9 heteroatoms. The molecule has 152 valence electrons. The average Bonchev–Trinajstić information content (AvgIpc) is 3.02. The Hall–Kier alpha value is -2.10. The number of nitrogens with zero attached hydrogens (tertiary/aromatic N) is 2. The van der Waals surface area contributed by atoms with E-state index >= 15 is 0 Å². The minimum Gasteiger partial charge on any atom is -0.497 e. The molecule has 1 fully saturated rings. The predicted molar refractivity (Wildman–Crippen MR) is 105 cm³/mol. The van der Waals surface area contributed by atoms with Crippen molar-refractivity contribution in [3.63, 3.8) is 0 Å². The number of carbonyl (C=O) groups is 1. The minimum absolute atomic E-state index is 0.0591. The van der Waals surface area contributed by atoms with Crippen LogP contribution in [0.15, 0.2) is 18.2 Å². The zero-order chi connectivity index (χ0) is 20.3. The van der Waals surface area contributed by atoms with Gasteiger partial charge in [-0.05, 0) is 17.7 Å². The first kappa shape index (κ1) is 19.2. The fraction of sp³-hybridized carbons (Fsp3) is 0.526. The summed E-state index contributed by atoms with van der Waals surface area (Å²) in [5.41, 5.74) is 2.05. The fourth-order valence-electron chi connectivity index (χ4n) is 4.65. The summed E-state index contributed by atoms with van der Waals surface area (Å²) < 4.78 is 31.6. The Morgan fingerprint density at radius 2 is 2.07 bits per heavy atom. The summed E-state index contributed by atoms with van der Waals surface area (Å²) in [6.07, 6.45) is 1.58. The van der Waals surface area contributed by atoms with E-state index in [-0.39, 0.29) is 19.1 Å². The van der Waals surface area contributed by atoms with Gasteiger partial charge in [-0.25, -0.2) is 8.42 Å². The van der Waals surface area contributed by atoms with Crippen LogP contribution < -0.4 is 4.74 Å². The fourth-order valence-corrected chi connectivity index (χ4v) is 5.77. The van der Waals surface area contributed by atoms with Crippen LogP contribution in [-0.4, -0.2) is 73.2 Å². The maximum atomic E-state index is 12.5. The van der Waals surface area contributed by atoms with Gasteiger partial charge in [0.15, 0.2) is 0 Å². The van der Waals surface area contributed by atoms with Crippen molar-refractivity contribution >= 4 is 26.8 Å². The van der Waals surface area contributed by atoms with Gasteiger partial charge in [-0.2, -0.15) is 4.31 Å². The lowest BCUT2D eigenvalue weighted by molar-refractivity contribution is -0.139. The second-order valence-electron chi connectivity index (χ2n) is 7.72. The Morgan fingerprint density at radius 3 is 2.64 bits per heavy atom. The molecule has 1 aromatic carbocycles. The number of methoxy groups -OCH3 is 1. The van der Waals surface area contributed by atoms with Gasteiger partial charge in [0.05, 0.1) is 26.0 Å². The quantitative estimate of drug-likeness (QED) is 0.786. The van der Waals surface area contributed by atoms with Crippen LogP contribution in [0.5, 0.6) is 5.75 Å². The Labute approximate surface area is 164 Å². The number of nitrogens with one attached hydrogen (secondary N) is 1. The van der Waals surface area contributed by atoms with E-state index in [0.717, 1.165) is 22.7 Å². The molecule has 1 atom stereocenters. The van der Waals surface area contributed by atoms with Crippen LogP contribution in [0.4, 0.5) is 0 Å². The average molecular weight is 407 g/mol. The Kier molecular flexibility index (Phi) is 4.44. The molecule has 2 aromatic rings. The first-order valence-electron chi connectivity index (χ1n) is 9.29. The summed E-state index contributed by atoms with van der Waals surface area (Å²) in [6, 6.07) is 5.02. The number of aliphatic hydroxyl groups excluding tert-OH is 1. The van der Waals surface area contributed by atoms with Crippen LogP contribution in [0.1, 0.15) is 30.6 Å². The van der Waals surface area contributed by atoms with Gasteiger partial charge in [-0.1, -0.05) is 6.92 Å². The van der Waals surface area contributed by atoms with Gasteiger partial charge in [-0.15, -0.1) is 0 Å². The Balaban J connectivity index is 1.90. The number of carbonyl (C=O) groups excluding carboxylic acids is 1. The highest BCUT2D eigenvalue weighted by Crippen LogP contribution is 2.49. The number of H-pyrrole nitrogens is 1. The second kappa shape index (κ2) is 6.47. The third kappa shape index (κ3) is 2.72. The molecular formula is C19H25N3O5S. The first-order valence-corrected chi connectivity index (χ1v) is 11.1. The molecule has 1 amide bonds. The molecule has 0 saturated carbocycles. The van der Waals surface area contributed by atoms with E-state index in [0.29, 0.717) is 31.0 Å². The maximum absolute atomic E-state index is 12.5. The van der Waals surface area contributed by atoms with Gasteiger partial charge in [0, 0.05) is 54.1 Å². The van der Waals surface area contributed by atoms with Gasteiger partial charge in [0.1, 0.15) is 5.75 Å². The number of ether oxygens (including phenoxy) is 1. The van der Waals surface area contributed by atoms with Gasteiger partial charge in [-0.3, -0.25) is 4.79 Å². The number of hydrogen-bond acceptors (Lipinski definition) is 5. The summed E-state index contributed by atoms with van der Waals surface area (Å²) in [5.74, 6) is 0.751. The number of sulfonamides is 1. The summed E-state index contributed by atoms with van der Waals surface area (Å²) in [4.78, 5) is 17.2. The molecular weight excluding hydrogens is 382 g/mol. The summed E-state index contributed by atoms with van der Waals surface area (Å²) in [7, 11) is -1.95. The summed E-state index contributed by atoms with van der Waals surface area (Å²) >= 11 is 0. The second-order valence-corrected chi connectivity index (χ2v) is 9.65. The van der Waals surface area contributed by atoms with Crippen LogP contribution >= 0.6 is 0 Å². The molecule has 0 aliphatic carbocycles. The summed E-state index contributed by atoms with van der Waals surface area (Å²) in [6.45, 7) is 2.68. The topological polar surface area (TPSA) is 103 Å². The monoisotopic (exact) mass is 407 g/mol. The SMILES string of the molecule is CCC(=O)N1CC2(C1)CN(S(C)(=O)=O)[C@H](CO)c1[nH]c3cc(OC)ccc3c12. The lowest BCUT2D eigenvalue weighted by Crippen LogP contribution is -2.68. The molecule has 2 N–H and O–H groups in total. The van der Waals surface area contributed by atoms with E-state index in [9.17, 15) is 18.3 Å². The Morgan fingerprint density at radius 1 is 1.36 bits per heavy atom. The number of fused-ring (bicyclic) bond motifs is 4. The minimum atomic E-state index is -3.55. The van der Waals surface area contributed by atoms with Crippen LogP contribution in [0, 0.1) is 0 Å². The molecule has 0 radical (unpaired) electrons. The van der Waals surface area contributed by atoms with E-state index in [2.05, 4.69) is 4.98 Å². The van der Waals surface area contributed by atoms with E-state index in [1.807, 2.05) is 25.1 Å². The molecule has 0 unspecified atom stereocenters. The van der Waals surface area contributed by atoms with Gasteiger partial charge in [0.25, 0.3) is 0 Å².